The molecule has 24 heteroatoms. The molecule has 0 heterocycles. The van der Waals surface area contributed by atoms with Crippen molar-refractivity contribution in [3.8, 4) is 0 Å². The zero-order chi connectivity index (χ0) is 48.7. The van der Waals surface area contributed by atoms with Crippen molar-refractivity contribution in [2.45, 2.75) is 148 Å². The third kappa shape index (κ3) is 23.8. The number of rotatable bonds is 32. The molecule has 0 aromatic heterocycles. The lowest BCUT2D eigenvalue weighted by atomic mass is 9.97. The molecule has 0 aliphatic carbocycles. The monoisotopic (exact) mass is 919 g/mol. The van der Waals surface area contributed by atoms with E-state index in [0.29, 0.717) is 5.75 Å². The highest BCUT2D eigenvalue weighted by Gasteiger charge is 2.35. The minimum atomic E-state index is -1.66. The second kappa shape index (κ2) is 29.3. The zero-order valence-electron chi connectivity index (χ0n) is 37.2. The molecule has 0 radical (unpaired) electrons. The van der Waals surface area contributed by atoms with Gasteiger partial charge in [-0.1, -0.05) is 41.5 Å². The molecule has 63 heavy (non-hydrogen) atoms. The van der Waals surface area contributed by atoms with Gasteiger partial charge in [-0.15, -0.1) is 0 Å². The Morgan fingerprint density at radius 2 is 1.08 bits per heavy atom. The van der Waals surface area contributed by atoms with Crippen LogP contribution in [-0.2, 0) is 47.9 Å². The summed E-state index contributed by atoms with van der Waals surface area (Å²) in [6.45, 7) is 11.4. The number of carbonyl (C=O) groups is 10. The molecule has 0 bridgehead atoms. The van der Waals surface area contributed by atoms with Gasteiger partial charge in [0, 0.05) is 13.0 Å². The first-order valence-corrected chi connectivity index (χ1v) is 22.0. The van der Waals surface area contributed by atoms with Gasteiger partial charge >= 0.3 is 17.9 Å². The number of thioether (sulfide) groups is 1. The van der Waals surface area contributed by atoms with Crippen molar-refractivity contribution in [2.24, 2.45) is 29.2 Å². The van der Waals surface area contributed by atoms with Crippen LogP contribution in [0.25, 0.3) is 0 Å². The summed E-state index contributed by atoms with van der Waals surface area (Å²) in [5.74, 6) is -10.4. The van der Waals surface area contributed by atoms with E-state index in [1.54, 1.807) is 47.8 Å². The molecule has 23 nitrogen and oxygen atoms in total. The molecular weight excluding hydrogens is 851 g/mol. The summed E-state index contributed by atoms with van der Waals surface area (Å²) < 4.78 is 0. The Morgan fingerprint density at radius 3 is 1.57 bits per heavy atom. The van der Waals surface area contributed by atoms with Crippen LogP contribution in [0.2, 0.25) is 0 Å². The Bertz CT molecular complexity index is 1580. The van der Waals surface area contributed by atoms with E-state index in [9.17, 15) is 58.2 Å². The number of hydrogen-bond acceptors (Lipinski definition) is 14. The maximum atomic E-state index is 13.8. The molecule has 0 rings (SSSR count). The number of aliphatic hydroxyl groups excluding tert-OH is 1. The summed E-state index contributed by atoms with van der Waals surface area (Å²) in [5, 5.41) is 56.6. The molecule has 0 spiro atoms. The molecule has 7 amide bonds. The van der Waals surface area contributed by atoms with E-state index < -0.39 is 139 Å². The summed E-state index contributed by atoms with van der Waals surface area (Å²) in [4.78, 5) is 125. The minimum Gasteiger partial charge on any atom is -0.481 e. The van der Waals surface area contributed by atoms with Crippen LogP contribution >= 0.6 is 11.8 Å². The molecule has 0 aliphatic heterocycles. The van der Waals surface area contributed by atoms with Gasteiger partial charge in [0.15, 0.2) is 0 Å². The van der Waals surface area contributed by atoms with Crippen molar-refractivity contribution in [1.82, 2.24) is 37.2 Å². The first-order chi connectivity index (χ1) is 29.2. The van der Waals surface area contributed by atoms with Gasteiger partial charge in [-0.05, 0) is 62.4 Å². The number of hydrogen-bond donors (Lipinski definition) is 13. The van der Waals surface area contributed by atoms with Crippen molar-refractivity contribution < 1.29 is 68.4 Å². The molecule has 0 saturated carbocycles. The SMILES string of the molecule is CSCC[C@H](NC[C@H](O)[C@H](CC(C)C)NC(=O)[C@H](CC(=O)O)NC(=O)[C@H](C)NC(=O)[C@@H](N)CCC(=O)O)C(=O)N[C@H](C(=O)N[C@@H](CC(C)C)C(=O)N[C@@H](CC(=O)O)C(N)=O)C(C)C. The number of nitrogens with two attached hydrogens (primary N) is 2. The summed E-state index contributed by atoms with van der Waals surface area (Å²) >= 11 is 1.42. The second-order valence-corrected chi connectivity index (χ2v) is 17.5. The van der Waals surface area contributed by atoms with Crippen LogP contribution in [0, 0.1) is 17.8 Å². The number of carbonyl (C=O) groups excluding carboxylic acids is 7. The molecular formula is C39H69N9O14S. The van der Waals surface area contributed by atoms with Gasteiger partial charge in [0.05, 0.1) is 37.1 Å². The molecule has 9 atom stereocenters. The molecule has 0 unspecified atom stereocenters. The van der Waals surface area contributed by atoms with Crippen molar-refractivity contribution in [3.63, 3.8) is 0 Å². The number of aliphatic carboxylic acids is 3. The molecule has 0 aromatic rings. The van der Waals surface area contributed by atoms with E-state index in [1.807, 2.05) is 0 Å². The Hall–Kier alpha value is -5.07. The molecule has 0 fully saturated rings. The maximum Gasteiger partial charge on any atom is 0.305 e. The van der Waals surface area contributed by atoms with Crippen LogP contribution in [0.4, 0.5) is 0 Å². The number of carboxylic acids is 3. The predicted molar refractivity (Wildman–Crippen MR) is 230 cm³/mol. The van der Waals surface area contributed by atoms with Crippen LogP contribution in [-0.4, -0.2) is 153 Å². The number of nitrogens with one attached hydrogen (secondary N) is 7. The zero-order valence-corrected chi connectivity index (χ0v) is 38.0. The fourth-order valence-electron chi connectivity index (χ4n) is 5.97. The van der Waals surface area contributed by atoms with E-state index >= 15 is 0 Å². The van der Waals surface area contributed by atoms with Gasteiger partial charge in [0.2, 0.25) is 41.4 Å². The van der Waals surface area contributed by atoms with Gasteiger partial charge in [0.1, 0.15) is 30.2 Å². The topological polar surface area (TPSA) is 388 Å². The highest BCUT2D eigenvalue weighted by atomic mass is 32.2. The standard InChI is InChI=1S/C39H69N9O14S/c1-18(2)13-24(44-38(61)27(16-31(54)55)46-34(57)21(7)43-35(58)22(40)9-10-29(50)51)28(49)17-42-23(11-12-63-8)36(59)48-32(20(5)6)39(62)47-26(14-19(3)4)37(60)45-25(33(41)56)15-30(52)53/h18-28,32,42,49H,9-17,40H2,1-8H3,(H2,41,56)(H,43,58)(H,44,61)(H,45,60)(H,46,57)(H,47,62)(H,48,59)(H,50,51)(H,52,53)(H,54,55)/t21-,22-,23-,24-,25-,26-,27-,28-,32-/m0/s1. The van der Waals surface area contributed by atoms with Gasteiger partial charge in [-0.25, -0.2) is 0 Å². The third-order valence-corrected chi connectivity index (χ3v) is 10.1. The number of primary amides is 1. The normalized spacial score (nSPS) is 15.6. The van der Waals surface area contributed by atoms with Gasteiger partial charge in [-0.3, -0.25) is 47.9 Å². The van der Waals surface area contributed by atoms with Gasteiger partial charge in [-0.2, -0.15) is 11.8 Å². The van der Waals surface area contributed by atoms with Crippen molar-refractivity contribution >= 4 is 71.0 Å². The molecule has 15 N–H and O–H groups in total. The first-order valence-electron chi connectivity index (χ1n) is 20.6. The lowest BCUT2D eigenvalue weighted by molar-refractivity contribution is -0.141. The number of aliphatic hydroxyl groups is 1. The Kier molecular flexibility index (Phi) is 27.0. The quantitative estimate of drug-likeness (QED) is 0.0328. The van der Waals surface area contributed by atoms with Crippen LogP contribution in [0.1, 0.15) is 93.4 Å². The Balaban J connectivity index is 6.10. The third-order valence-electron chi connectivity index (χ3n) is 9.41. The first kappa shape index (κ1) is 57.9. The minimum absolute atomic E-state index is 0.0896. The second-order valence-electron chi connectivity index (χ2n) is 16.5. The number of carboxylic acid groups (broad SMARTS) is 3. The lowest BCUT2D eigenvalue weighted by Crippen LogP contribution is -2.60. The van der Waals surface area contributed by atoms with Crippen molar-refractivity contribution in [1.29, 1.82) is 0 Å². The summed E-state index contributed by atoms with van der Waals surface area (Å²) in [5.41, 5.74) is 11.0. The van der Waals surface area contributed by atoms with E-state index in [2.05, 4.69) is 37.2 Å². The average molecular weight is 920 g/mol. The summed E-state index contributed by atoms with van der Waals surface area (Å²) in [7, 11) is 0. The predicted octanol–water partition coefficient (Wildman–Crippen LogP) is -2.64. The van der Waals surface area contributed by atoms with E-state index in [0.717, 1.165) is 0 Å². The summed E-state index contributed by atoms with van der Waals surface area (Å²) in [6, 6.07) is -10.2. The number of amides is 7. The maximum absolute atomic E-state index is 13.8. The van der Waals surface area contributed by atoms with Crippen molar-refractivity contribution in [3.05, 3.63) is 0 Å². The smallest absolute Gasteiger partial charge is 0.305 e. The van der Waals surface area contributed by atoms with E-state index in [4.69, 9.17) is 21.7 Å². The van der Waals surface area contributed by atoms with Crippen molar-refractivity contribution in [2.75, 3.05) is 18.6 Å². The van der Waals surface area contributed by atoms with Gasteiger partial charge < -0.3 is 69.1 Å². The van der Waals surface area contributed by atoms with Crippen LogP contribution in [0.15, 0.2) is 0 Å². The Morgan fingerprint density at radius 1 is 0.571 bits per heavy atom. The largest absolute Gasteiger partial charge is 0.481 e. The van der Waals surface area contributed by atoms with Crippen LogP contribution in [0.3, 0.4) is 0 Å². The van der Waals surface area contributed by atoms with E-state index in [-0.39, 0.29) is 44.1 Å². The highest BCUT2D eigenvalue weighted by Crippen LogP contribution is 2.13. The average Bonchev–Trinajstić information content (AvgIpc) is 3.16. The van der Waals surface area contributed by atoms with Crippen LogP contribution in [0.5, 0.6) is 0 Å². The summed E-state index contributed by atoms with van der Waals surface area (Å²) in [6.07, 6.45) is -1.36. The van der Waals surface area contributed by atoms with E-state index in [1.165, 1.54) is 18.7 Å². The fourth-order valence-corrected chi connectivity index (χ4v) is 6.44. The molecule has 0 saturated heterocycles. The van der Waals surface area contributed by atoms with Crippen LogP contribution < -0.4 is 48.7 Å². The van der Waals surface area contributed by atoms with Gasteiger partial charge in [0.25, 0.3) is 0 Å². The molecule has 0 aliphatic rings. The Labute approximate surface area is 371 Å². The molecule has 0 aromatic carbocycles. The highest BCUT2D eigenvalue weighted by molar-refractivity contribution is 7.98. The molecule has 360 valence electrons. The fraction of sp³-hybridized carbons (Fsp3) is 0.744. The lowest BCUT2D eigenvalue weighted by Gasteiger charge is -2.30.